The molecular formula is C26H37N3O6. The third-order valence-electron chi connectivity index (χ3n) is 6.20. The number of hydrogen-bond acceptors (Lipinski definition) is 6. The molecule has 192 valence electrons. The lowest BCUT2D eigenvalue weighted by atomic mass is 9.96. The van der Waals surface area contributed by atoms with Crippen molar-refractivity contribution in [1.29, 1.82) is 0 Å². The number of rotatable bonds is 5. The van der Waals surface area contributed by atoms with Crippen molar-refractivity contribution >= 4 is 29.6 Å². The Bertz CT molecular complexity index is 916. The summed E-state index contributed by atoms with van der Waals surface area (Å²) in [4.78, 5) is 52.8. The number of likely N-dealkylation sites (tertiary alicyclic amines) is 2. The fraction of sp³-hybridized carbons (Fsp3) is 0.615. The molecule has 3 amide bonds. The summed E-state index contributed by atoms with van der Waals surface area (Å²) in [5, 5.41) is 2.89. The minimum atomic E-state index is -0.545. The van der Waals surface area contributed by atoms with E-state index in [-0.39, 0.29) is 29.9 Å². The van der Waals surface area contributed by atoms with Crippen LogP contribution >= 0.6 is 0 Å². The monoisotopic (exact) mass is 487 g/mol. The number of anilines is 1. The van der Waals surface area contributed by atoms with Gasteiger partial charge in [0, 0.05) is 51.1 Å². The Morgan fingerprint density at radius 1 is 0.971 bits per heavy atom. The van der Waals surface area contributed by atoms with Crippen molar-refractivity contribution in [3.8, 4) is 0 Å². The van der Waals surface area contributed by atoms with Crippen LogP contribution in [-0.2, 0) is 19.1 Å². The van der Waals surface area contributed by atoms with Crippen LogP contribution in [0, 0.1) is 5.92 Å². The van der Waals surface area contributed by atoms with E-state index in [2.05, 4.69) is 5.32 Å². The number of nitrogens with zero attached hydrogens (tertiary/aromatic N) is 2. The molecule has 1 aromatic carbocycles. The standard InChI is InChI=1S/C26H37N3O6/c1-5-22(30)29-14-6-7-19(17-29)23(31)27-20-10-8-18(9-11-20)24(32)34-21-12-15-28(16-13-21)25(33)35-26(2,3)4/h8-11,19,21H,5-7,12-17H2,1-4H3,(H,27,31). The lowest BCUT2D eigenvalue weighted by Crippen LogP contribution is -2.43. The molecule has 0 saturated carbocycles. The van der Waals surface area contributed by atoms with E-state index in [0.717, 1.165) is 12.8 Å². The second-order valence-corrected chi connectivity index (χ2v) is 10.2. The maximum Gasteiger partial charge on any atom is 0.410 e. The zero-order chi connectivity index (χ0) is 25.6. The molecule has 0 spiro atoms. The van der Waals surface area contributed by atoms with E-state index >= 15 is 0 Å². The molecule has 0 aromatic heterocycles. The van der Waals surface area contributed by atoms with E-state index in [9.17, 15) is 19.2 Å². The Morgan fingerprint density at radius 3 is 2.23 bits per heavy atom. The van der Waals surface area contributed by atoms with Gasteiger partial charge in [-0.25, -0.2) is 9.59 Å². The van der Waals surface area contributed by atoms with Gasteiger partial charge in [0.1, 0.15) is 11.7 Å². The molecule has 0 bridgehead atoms. The van der Waals surface area contributed by atoms with E-state index in [1.54, 1.807) is 34.1 Å². The van der Waals surface area contributed by atoms with Gasteiger partial charge < -0.3 is 24.6 Å². The number of piperidine rings is 2. The van der Waals surface area contributed by atoms with Crippen LogP contribution in [0.25, 0.3) is 0 Å². The van der Waals surface area contributed by atoms with E-state index in [4.69, 9.17) is 9.47 Å². The zero-order valence-corrected chi connectivity index (χ0v) is 21.2. The molecule has 2 heterocycles. The topological polar surface area (TPSA) is 105 Å². The summed E-state index contributed by atoms with van der Waals surface area (Å²) in [6, 6.07) is 6.61. The van der Waals surface area contributed by atoms with Crippen LogP contribution in [0.3, 0.4) is 0 Å². The zero-order valence-electron chi connectivity index (χ0n) is 21.2. The summed E-state index contributed by atoms with van der Waals surface area (Å²) in [6.45, 7) is 9.40. The summed E-state index contributed by atoms with van der Waals surface area (Å²) >= 11 is 0. The number of benzene rings is 1. The second-order valence-electron chi connectivity index (χ2n) is 10.2. The van der Waals surface area contributed by atoms with Gasteiger partial charge in [-0.3, -0.25) is 9.59 Å². The maximum absolute atomic E-state index is 12.7. The van der Waals surface area contributed by atoms with Crippen molar-refractivity contribution in [3.63, 3.8) is 0 Å². The van der Waals surface area contributed by atoms with E-state index in [0.29, 0.717) is 56.7 Å². The highest BCUT2D eigenvalue weighted by Gasteiger charge is 2.29. The molecule has 1 N–H and O–H groups in total. The van der Waals surface area contributed by atoms with Gasteiger partial charge in [0.05, 0.1) is 11.5 Å². The average Bonchev–Trinajstić information content (AvgIpc) is 2.83. The van der Waals surface area contributed by atoms with Gasteiger partial charge in [0.2, 0.25) is 11.8 Å². The lowest BCUT2D eigenvalue weighted by molar-refractivity contribution is -0.134. The van der Waals surface area contributed by atoms with Gasteiger partial charge in [-0.1, -0.05) is 6.92 Å². The average molecular weight is 488 g/mol. The van der Waals surface area contributed by atoms with Crippen LogP contribution in [0.1, 0.15) is 70.2 Å². The first-order valence-electron chi connectivity index (χ1n) is 12.4. The Hall–Kier alpha value is -3.10. The van der Waals surface area contributed by atoms with Gasteiger partial charge in [-0.2, -0.15) is 0 Å². The molecule has 0 radical (unpaired) electrons. The fourth-order valence-corrected chi connectivity index (χ4v) is 4.28. The molecule has 2 saturated heterocycles. The summed E-state index contributed by atoms with van der Waals surface area (Å²) in [7, 11) is 0. The predicted octanol–water partition coefficient (Wildman–Crippen LogP) is 3.83. The first-order valence-corrected chi connectivity index (χ1v) is 12.4. The number of nitrogens with one attached hydrogen (secondary N) is 1. The summed E-state index contributed by atoms with van der Waals surface area (Å²) in [6.07, 6.45) is 2.49. The molecule has 0 aliphatic carbocycles. The highest BCUT2D eigenvalue weighted by atomic mass is 16.6. The van der Waals surface area contributed by atoms with Crippen molar-refractivity contribution in [1.82, 2.24) is 9.80 Å². The molecule has 9 heteroatoms. The van der Waals surface area contributed by atoms with Crippen molar-refractivity contribution < 1.29 is 28.7 Å². The molecular weight excluding hydrogens is 450 g/mol. The second kappa shape index (κ2) is 11.6. The Balaban J connectivity index is 1.46. The van der Waals surface area contributed by atoms with Gasteiger partial charge in [-0.15, -0.1) is 0 Å². The van der Waals surface area contributed by atoms with Gasteiger partial charge in [0.15, 0.2) is 0 Å². The number of carbonyl (C=O) groups excluding carboxylic acids is 4. The first-order chi connectivity index (χ1) is 16.6. The first kappa shape index (κ1) is 26.5. The number of esters is 1. The smallest absolute Gasteiger partial charge is 0.410 e. The van der Waals surface area contributed by atoms with Crippen LogP contribution < -0.4 is 5.32 Å². The third-order valence-corrected chi connectivity index (χ3v) is 6.20. The number of carbonyl (C=O) groups is 4. The van der Waals surface area contributed by atoms with Crippen molar-refractivity contribution in [2.45, 2.75) is 71.5 Å². The van der Waals surface area contributed by atoms with Gasteiger partial charge in [-0.05, 0) is 57.9 Å². The van der Waals surface area contributed by atoms with Gasteiger partial charge >= 0.3 is 12.1 Å². The highest BCUT2D eigenvalue weighted by molar-refractivity contribution is 5.94. The van der Waals surface area contributed by atoms with Crippen molar-refractivity contribution in [3.05, 3.63) is 29.8 Å². The summed E-state index contributed by atoms with van der Waals surface area (Å²) in [5.74, 6) is -0.721. The van der Waals surface area contributed by atoms with E-state index < -0.39 is 11.6 Å². The molecule has 2 aliphatic rings. The minimum absolute atomic E-state index is 0.0703. The summed E-state index contributed by atoms with van der Waals surface area (Å²) < 4.78 is 11.0. The van der Waals surface area contributed by atoms with E-state index in [1.165, 1.54) is 0 Å². The molecule has 1 aromatic rings. The van der Waals surface area contributed by atoms with Crippen molar-refractivity contribution in [2.75, 3.05) is 31.5 Å². The minimum Gasteiger partial charge on any atom is -0.459 e. The van der Waals surface area contributed by atoms with Crippen molar-refractivity contribution in [2.24, 2.45) is 5.92 Å². The molecule has 2 fully saturated rings. The van der Waals surface area contributed by atoms with Crippen LogP contribution in [0.4, 0.5) is 10.5 Å². The van der Waals surface area contributed by atoms with E-state index in [1.807, 2.05) is 27.7 Å². The van der Waals surface area contributed by atoms with Crippen LogP contribution in [0.2, 0.25) is 0 Å². The molecule has 2 aliphatic heterocycles. The van der Waals surface area contributed by atoms with Gasteiger partial charge in [0.25, 0.3) is 0 Å². The lowest BCUT2D eigenvalue weighted by Gasteiger charge is -2.33. The van der Waals surface area contributed by atoms with Crippen LogP contribution in [-0.4, -0.2) is 71.6 Å². The Labute approximate surface area is 207 Å². The maximum atomic E-state index is 12.7. The molecule has 1 atom stereocenters. The highest BCUT2D eigenvalue weighted by Crippen LogP contribution is 2.21. The molecule has 35 heavy (non-hydrogen) atoms. The summed E-state index contributed by atoms with van der Waals surface area (Å²) in [5.41, 5.74) is 0.447. The third kappa shape index (κ3) is 7.70. The molecule has 1 unspecified atom stereocenters. The quantitative estimate of drug-likeness (QED) is 0.633. The van der Waals surface area contributed by atoms with Crippen LogP contribution in [0.15, 0.2) is 24.3 Å². The number of amides is 3. The normalized spacial score (nSPS) is 19.1. The number of ether oxygens (including phenoxy) is 2. The Kier molecular flexibility index (Phi) is 8.75. The molecule has 3 rings (SSSR count). The largest absolute Gasteiger partial charge is 0.459 e. The predicted molar refractivity (Wildman–Crippen MR) is 131 cm³/mol. The number of hydrogen-bond donors (Lipinski definition) is 1. The van der Waals surface area contributed by atoms with Crippen LogP contribution in [0.5, 0.6) is 0 Å². The SMILES string of the molecule is CCC(=O)N1CCCC(C(=O)Nc2ccc(C(=O)OC3CCN(C(=O)OC(C)(C)C)CC3)cc2)C1. The Morgan fingerprint density at radius 2 is 1.63 bits per heavy atom. The fourth-order valence-electron chi connectivity index (χ4n) is 4.28. The molecule has 9 nitrogen and oxygen atoms in total.